The van der Waals surface area contributed by atoms with Crippen LogP contribution in [0.2, 0.25) is 0 Å². The molecule has 0 radical (unpaired) electrons. The molecule has 12 heteroatoms. The number of rotatable bonds is 11. The van der Waals surface area contributed by atoms with E-state index >= 15 is 0 Å². The number of oxime groups is 1. The van der Waals surface area contributed by atoms with E-state index in [1.165, 1.54) is 7.11 Å². The Kier molecular flexibility index (Phi) is 9.96. The molecule has 0 fully saturated rings. The number of nitrogens with two attached hydrogens (primary N) is 1. The second-order valence-corrected chi connectivity index (χ2v) is 7.12. The van der Waals surface area contributed by atoms with Crippen molar-refractivity contribution in [3.05, 3.63) is 41.5 Å². The number of methoxy groups -OCH3 is 1. The van der Waals surface area contributed by atoms with Crippen LogP contribution in [0.25, 0.3) is 5.70 Å². The molecule has 1 aromatic carbocycles. The number of amidine groups is 1. The zero-order chi connectivity index (χ0) is 24.2. The third-order valence-corrected chi connectivity index (χ3v) is 4.67. The Morgan fingerprint density at radius 2 is 2.03 bits per heavy atom. The lowest BCUT2D eigenvalue weighted by Gasteiger charge is -2.17. The van der Waals surface area contributed by atoms with E-state index in [0.29, 0.717) is 17.7 Å². The molecule has 1 aliphatic heterocycles. The van der Waals surface area contributed by atoms with Gasteiger partial charge >= 0.3 is 12.1 Å². The lowest BCUT2D eigenvalue weighted by Crippen LogP contribution is -2.49. The molecule has 0 saturated heterocycles. The Labute approximate surface area is 191 Å². The summed E-state index contributed by atoms with van der Waals surface area (Å²) in [6.45, 7) is 2.02. The highest BCUT2D eigenvalue weighted by atomic mass is 16.7. The number of unbranched alkanes of at least 4 members (excludes halogenated alkanes) is 1. The predicted molar refractivity (Wildman–Crippen MR) is 118 cm³/mol. The minimum Gasteiger partial charge on any atom is -0.467 e. The molecule has 1 heterocycles. The fourth-order valence-corrected chi connectivity index (χ4v) is 2.83. The average Bonchev–Trinajstić information content (AvgIpc) is 3.29. The zero-order valence-corrected chi connectivity index (χ0v) is 18.5. The van der Waals surface area contributed by atoms with E-state index in [1.807, 2.05) is 6.92 Å². The van der Waals surface area contributed by atoms with Crippen LogP contribution in [0.3, 0.4) is 0 Å². The first-order valence-corrected chi connectivity index (χ1v) is 10.4. The molecule has 33 heavy (non-hydrogen) atoms. The van der Waals surface area contributed by atoms with E-state index in [1.54, 1.807) is 30.3 Å². The topological polar surface area (TPSA) is 174 Å². The van der Waals surface area contributed by atoms with Gasteiger partial charge in [-0.15, -0.1) is 0 Å². The van der Waals surface area contributed by atoms with Gasteiger partial charge in [-0.2, -0.15) is 0 Å². The number of hydrogen-bond donors (Lipinski definition) is 5. The SMILES string of the molecule is CCCCOC(=O)NC(CNC(=O)C[C@H]1C=C(c2ccc(C(N)=NO)cc2)NO1)C(=O)OC. The molecular formula is C21H29N5O7. The van der Waals surface area contributed by atoms with Gasteiger partial charge in [-0.25, -0.2) is 9.59 Å². The maximum absolute atomic E-state index is 12.3. The van der Waals surface area contributed by atoms with Crippen LogP contribution < -0.4 is 21.8 Å². The first kappa shape index (κ1) is 25.5. The molecule has 1 unspecified atom stereocenters. The van der Waals surface area contributed by atoms with Crippen molar-refractivity contribution in [3.8, 4) is 0 Å². The minimum atomic E-state index is -1.09. The van der Waals surface area contributed by atoms with Gasteiger partial charge in [0.15, 0.2) is 5.84 Å². The van der Waals surface area contributed by atoms with Crippen molar-refractivity contribution in [1.82, 2.24) is 16.1 Å². The summed E-state index contributed by atoms with van der Waals surface area (Å²) in [5, 5.41) is 16.6. The third-order valence-electron chi connectivity index (χ3n) is 4.67. The summed E-state index contributed by atoms with van der Waals surface area (Å²) in [4.78, 5) is 41.4. The van der Waals surface area contributed by atoms with Crippen LogP contribution in [0, 0.1) is 0 Å². The van der Waals surface area contributed by atoms with Crippen LogP contribution in [0.4, 0.5) is 4.79 Å². The van der Waals surface area contributed by atoms with Crippen molar-refractivity contribution in [1.29, 1.82) is 0 Å². The molecule has 0 saturated carbocycles. The summed E-state index contributed by atoms with van der Waals surface area (Å²) in [6, 6.07) is 5.78. The van der Waals surface area contributed by atoms with Gasteiger partial charge < -0.3 is 31.0 Å². The maximum Gasteiger partial charge on any atom is 0.407 e. The molecule has 6 N–H and O–H groups in total. The van der Waals surface area contributed by atoms with Gasteiger partial charge in [0.25, 0.3) is 0 Å². The van der Waals surface area contributed by atoms with E-state index in [0.717, 1.165) is 12.0 Å². The molecule has 180 valence electrons. The maximum atomic E-state index is 12.3. The van der Waals surface area contributed by atoms with Crippen LogP contribution >= 0.6 is 0 Å². The lowest BCUT2D eigenvalue weighted by molar-refractivity contribution is -0.143. The summed E-state index contributed by atoms with van der Waals surface area (Å²) < 4.78 is 9.63. The van der Waals surface area contributed by atoms with Crippen molar-refractivity contribution in [3.63, 3.8) is 0 Å². The molecule has 0 aromatic heterocycles. The van der Waals surface area contributed by atoms with E-state index < -0.39 is 30.1 Å². The van der Waals surface area contributed by atoms with Crippen LogP contribution in [-0.2, 0) is 23.9 Å². The van der Waals surface area contributed by atoms with Gasteiger partial charge in [-0.3, -0.25) is 15.1 Å². The van der Waals surface area contributed by atoms with Crippen molar-refractivity contribution < 1.29 is 33.9 Å². The molecule has 2 rings (SSSR count). The number of alkyl carbamates (subject to hydrolysis) is 1. The number of hydrogen-bond acceptors (Lipinski definition) is 9. The van der Waals surface area contributed by atoms with Crippen molar-refractivity contribution in [2.24, 2.45) is 10.9 Å². The Morgan fingerprint density at radius 3 is 2.67 bits per heavy atom. The Balaban J connectivity index is 1.86. The molecule has 0 aliphatic carbocycles. The second-order valence-electron chi connectivity index (χ2n) is 7.12. The third kappa shape index (κ3) is 8.00. The zero-order valence-electron chi connectivity index (χ0n) is 18.5. The number of benzene rings is 1. The van der Waals surface area contributed by atoms with E-state index in [4.69, 9.17) is 20.5 Å². The number of ether oxygens (including phenoxy) is 2. The van der Waals surface area contributed by atoms with Gasteiger partial charge in [-0.1, -0.05) is 42.8 Å². The smallest absolute Gasteiger partial charge is 0.407 e. The van der Waals surface area contributed by atoms with Gasteiger partial charge in [0.2, 0.25) is 5.91 Å². The first-order chi connectivity index (χ1) is 15.9. The Hall–Kier alpha value is -3.80. The normalized spacial score (nSPS) is 16.2. The molecule has 0 bridgehead atoms. The first-order valence-electron chi connectivity index (χ1n) is 10.4. The van der Waals surface area contributed by atoms with E-state index in [9.17, 15) is 14.4 Å². The standard InChI is InChI=1S/C21H29N5O7/c1-3-4-9-32-21(29)24-17(20(28)31-2)12-23-18(27)11-15-10-16(26-33-15)13-5-7-14(8-6-13)19(22)25-30/h5-8,10,15,17,26,30H,3-4,9,11-12H2,1-2H3,(H2,22,25)(H,23,27)(H,24,29)/t15-,17?/m1/s1. The molecule has 1 aliphatic rings. The predicted octanol–water partition coefficient (Wildman–Crippen LogP) is 0.600. The summed E-state index contributed by atoms with van der Waals surface area (Å²) in [6.07, 6.45) is 1.96. The van der Waals surface area contributed by atoms with Crippen LogP contribution in [-0.4, -0.2) is 61.4 Å². The van der Waals surface area contributed by atoms with Crippen molar-refractivity contribution in [2.45, 2.75) is 38.3 Å². The molecule has 12 nitrogen and oxygen atoms in total. The summed E-state index contributed by atoms with van der Waals surface area (Å²) in [5.41, 5.74) is 10.3. The van der Waals surface area contributed by atoms with E-state index in [-0.39, 0.29) is 25.4 Å². The number of esters is 1. The quantitative estimate of drug-likeness (QED) is 0.0786. The lowest BCUT2D eigenvalue weighted by atomic mass is 10.1. The molecule has 2 amide bonds. The number of amides is 2. The van der Waals surface area contributed by atoms with Crippen molar-refractivity contribution in [2.75, 3.05) is 20.3 Å². The second kappa shape index (κ2) is 12.9. The Morgan fingerprint density at radius 1 is 1.30 bits per heavy atom. The van der Waals surface area contributed by atoms with Gasteiger partial charge in [0, 0.05) is 12.1 Å². The van der Waals surface area contributed by atoms with Crippen LogP contribution in [0.15, 0.2) is 35.5 Å². The highest BCUT2D eigenvalue weighted by Gasteiger charge is 2.25. The Bertz CT molecular complexity index is 885. The summed E-state index contributed by atoms with van der Waals surface area (Å²) >= 11 is 0. The number of hydroxylamine groups is 1. The number of nitrogens with one attached hydrogen (secondary N) is 3. The number of carbonyl (C=O) groups is 3. The molecule has 1 aromatic rings. The van der Waals surface area contributed by atoms with Crippen LogP contribution in [0.1, 0.15) is 37.3 Å². The van der Waals surface area contributed by atoms with Crippen LogP contribution in [0.5, 0.6) is 0 Å². The minimum absolute atomic E-state index is 0.00493. The van der Waals surface area contributed by atoms with E-state index in [2.05, 4.69) is 26.0 Å². The largest absolute Gasteiger partial charge is 0.467 e. The fourth-order valence-electron chi connectivity index (χ4n) is 2.83. The average molecular weight is 463 g/mol. The molecular weight excluding hydrogens is 434 g/mol. The number of nitrogens with zero attached hydrogens (tertiary/aromatic N) is 1. The monoisotopic (exact) mass is 463 g/mol. The number of carbonyl (C=O) groups excluding carboxylic acids is 3. The summed E-state index contributed by atoms with van der Waals surface area (Å²) in [7, 11) is 1.18. The van der Waals surface area contributed by atoms with Gasteiger partial charge in [0.05, 0.1) is 25.8 Å². The molecule has 0 spiro atoms. The highest BCUT2D eigenvalue weighted by molar-refractivity contribution is 5.97. The highest BCUT2D eigenvalue weighted by Crippen LogP contribution is 2.20. The van der Waals surface area contributed by atoms with Crippen molar-refractivity contribution >= 4 is 29.5 Å². The fraction of sp³-hybridized carbons (Fsp3) is 0.429. The summed E-state index contributed by atoms with van der Waals surface area (Å²) in [5.74, 6) is -1.11. The van der Waals surface area contributed by atoms with Gasteiger partial charge in [-0.05, 0) is 18.1 Å². The molecule has 2 atom stereocenters. The van der Waals surface area contributed by atoms with Gasteiger partial charge in [0.1, 0.15) is 12.1 Å².